The number of nitrogens with zero attached hydrogens (tertiary/aromatic N) is 3. The zero-order chi connectivity index (χ0) is 18.7. The maximum atomic E-state index is 12.3. The van der Waals surface area contributed by atoms with Crippen LogP contribution in [0.2, 0.25) is 0 Å². The van der Waals surface area contributed by atoms with Crippen LogP contribution < -0.4 is 0 Å². The Hall–Kier alpha value is -2.21. The van der Waals surface area contributed by atoms with Crippen LogP contribution in [0.4, 0.5) is 0 Å². The lowest BCUT2D eigenvalue weighted by molar-refractivity contribution is 0.0652. The summed E-state index contributed by atoms with van der Waals surface area (Å²) >= 11 is 1.70. The molecule has 0 N–H and O–H groups in total. The molecule has 136 valence electrons. The highest BCUT2D eigenvalue weighted by Gasteiger charge is 2.34. The summed E-state index contributed by atoms with van der Waals surface area (Å²) in [5.74, 6) is 1.73. The first-order valence-electron chi connectivity index (χ1n) is 8.91. The molecule has 5 nitrogen and oxygen atoms in total. The van der Waals surface area contributed by atoms with Crippen molar-refractivity contribution in [2.75, 3.05) is 12.3 Å². The molecule has 0 saturated carbocycles. The van der Waals surface area contributed by atoms with E-state index in [1.807, 2.05) is 13.0 Å². The maximum absolute atomic E-state index is 12.3. The van der Waals surface area contributed by atoms with Gasteiger partial charge in [0.1, 0.15) is 5.82 Å². The van der Waals surface area contributed by atoms with Crippen molar-refractivity contribution < 1.29 is 9.59 Å². The Labute approximate surface area is 158 Å². The van der Waals surface area contributed by atoms with Crippen molar-refractivity contribution in [1.29, 1.82) is 0 Å². The summed E-state index contributed by atoms with van der Waals surface area (Å²) in [5.41, 5.74) is 2.02. The summed E-state index contributed by atoms with van der Waals surface area (Å²) in [5, 5.41) is 0.988. The van der Waals surface area contributed by atoms with Crippen molar-refractivity contribution in [2.45, 2.75) is 44.6 Å². The fourth-order valence-corrected chi connectivity index (χ4v) is 3.85. The van der Waals surface area contributed by atoms with Crippen LogP contribution in [-0.2, 0) is 0 Å². The molecule has 0 unspecified atom stereocenters. The van der Waals surface area contributed by atoms with Gasteiger partial charge in [0.2, 0.25) is 0 Å². The standard InChI is InChI=1S/C20H23N3O2S/c1-13(2)18-21-14(3)12-17(22-18)26-11-7-6-10-23-19(24)15-8-4-5-9-16(15)20(23)25/h4-5,8-9,12-13H,6-7,10-11H2,1-3H3. The molecule has 0 radical (unpaired) electrons. The minimum atomic E-state index is -0.175. The Bertz CT molecular complexity index is 801. The van der Waals surface area contributed by atoms with E-state index in [9.17, 15) is 9.59 Å². The maximum Gasteiger partial charge on any atom is 0.261 e. The topological polar surface area (TPSA) is 63.2 Å². The van der Waals surface area contributed by atoms with E-state index in [2.05, 4.69) is 23.8 Å². The van der Waals surface area contributed by atoms with E-state index in [0.29, 0.717) is 23.6 Å². The molecule has 6 heteroatoms. The number of hydrogen-bond acceptors (Lipinski definition) is 5. The lowest BCUT2D eigenvalue weighted by Crippen LogP contribution is -2.30. The van der Waals surface area contributed by atoms with Crippen molar-refractivity contribution in [1.82, 2.24) is 14.9 Å². The van der Waals surface area contributed by atoms with Crippen LogP contribution in [-0.4, -0.2) is 39.0 Å². The second-order valence-electron chi connectivity index (χ2n) is 6.72. The van der Waals surface area contributed by atoms with Crippen LogP contribution in [0.3, 0.4) is 0 Å². The molecule has 1 aliphatic rings. The summed E-state index contributed by atoms with van der Waals surface area (Å²) in [4.78, 5) is 35.0. The molecule has 2 aromatic rings. The molecular formula is C20H23N3O2S. The van der Waals surface area contributed by atoms with Gasteiger partial charge in [-0.3, -0.25) is 14.5 Å². The summed E-state index contributed by atoms with van der Waals surface area (Å²) in [6.45, 7) is 6.63. The zero-order valence-electron chi connectivity index (χ0n) is 15.4. The fraction of sp³-hybridized carbons (Fsp3) is 0.400. The van der Waals surface area contributed by atoms with E-state index in [0.717, 1.165) is 35.1 Å². The molecule has 0 spiro atoms. The van der Waals surface area contributed by atoms with E-state index in [1.165, 1.54) is 4.90 Å². The molecule has 26 heavy (non-hydrogen) atoms. The normalized spacial score (nSPS) is 13.6. The quantitative estimate of drug-likeness (QED) is 0.318. The Morgan fingerprint density at radius 3 is 2.31 bits per heavy atom. The number of aryl methyl sites for hydroxylation is 1. The second kappa shape index (κ2) is 7.99. The Morgan fingerprint density at radius 2 is 1.69 bits per heavy atom. The molecule has 1 aromatic carbocycles. The number of aromatic nitrogens is 2. The molecule has 2 heterocycles. The van der Waals surface area contributed by atoms with Gasteiger partial charge in [-0.05, 0) is 43.7 Å². The van der Waals surface area contributed by atoms with Gasteiger partial charge in [0, 0.05) is 18.2 Å². The van der Waals surface area contributed by atoms with E-state index in [1.54, 1.807) is 36.0 Å². The molecule has 3 rings (SSSR count). The van der Waals surface area contributed by atoms with Crippen molar-refractivity contribution in [2.24, 2.45) is 0 Å². The monoisotopic (exact) mass is 369 g/mol. The average molecular weight is 369 g/mol. The highest BCUT2D eigenvalue weighted by Crippen LogP contribution is 2.24. The predicted octanol–water partition coefficient (Wildman–Crippen LogP) is 4.08. The largest absolute Gasteiger partial charge is 0.274 e. The number of carbonyl (C=O) groups is 2. The molecule has 1 aromatic heterocycles. The smallest absolute Gasteiger partial charge is 0.261 e. The van der Waals surface area contributed by atoms with E-state index in [4.69, 9.17) is 0 Å². The van der Waals surface area contributed by atoms with Crippen LogP contribution >= 0.6 is 11.8 Å². The van der Waals surface area contributed by atoms with Gasteiger partial charge >= 0.3 is 0 Å². The molecule has 0 fully saturated rings. The first-order chi connectivity index (χ1) is 12.5. The molecule has 0 saturated heterocycles. The van der Waals surface area contributed by atoms with Crippen LogP contribution in [0, 0.1) is 6.92 Å². The second-order valence-corrected chi connectivity index (χ2v) is 7.84. The highest BCUT2D eigenvalue weighted by molar-refractivity contribution is 7.99. The van der Waals surface area contributed by atoms with Crippen molar-refractivity contribution in [3.05, 3.63) is 53.0 Å². The number of carbonyl (C=O) groups excluding carboxylic acids is 2. The number of rotatable bonds is 7. The Kier molecular flexibility index (Phi) is 5.71. The van der Waals surface area contributed by atoms with E-state index >= 15 is 0 Å². The van der Waals surface area contributed by atoms with Gasteiger partial charge in [-0.1, -0.05) is 26.0 Å². The number of thioether (sulfide) groups is 1. The van der Waals surface area contributed by atoms with Crippen LogP contribution in [0.1, 0.15) is 64.8 Å². The zero-order valence-corrected chi connectivity index (χ0v) is 16.2. The molecule has 2 amide bonds. The third-order valence-electron chi connectivity index (χ3n) is 4.27. The van der Waals surface area contributed by atoms with Gasteiger partial charge in [-0.15, -0.1) is 11.8 Å². The number of fused-ring (bicyclic) bond motifs is 1. The molecule has 0 aliphatic carbocycles. The third-order valence-corrected chi connectivity index (χ3v) is 5.27. The van der Waals surface area contributed by atoms with Crippen LogP contribution in [0.25, 0.3) is 0 Å². The lowest BCUT2D eigenvalue weighted by Gasteiger charge is -2.13. The number of unbranched alkanes of at least 4 members (excludes halogenated alkanes) is 1. The number of imide groups is 1. The number of hydrogen-bond donors (Lipinski definition) is 0. The predicted molar refractivity (Wildman–Crippen MR) is 103 cm³/mol. The fourth-order valence-electron chi connectivity index (χ4n) is 2.88. The number of benzene rings is 1. The summed E-state index contributed by atoms with van der Waals surface area (Å²) < 4.78 is 0. The van der Waals surface area contributed by atoms with Crippen molar-refractivity contribution >= 4 is 23.6 Å². The van der Waals surface area contributed by atoms with E-state index < -0.39 is 0 Å². The van der Waals surface area contributed by atoms with Crippen molar-refractivity contribution in [3.8, 4) is 0 Å². The SMILES string of the molecule is Cc1cc(SCCCCN2C(=O)c3ccccc3C2=O)nc(C(C)C)n1. The highest BCUT2D eigenvalue weighted by atomic mass is 32.2. The Balaban J connectivity index is 1.49. The summed E-state index contributed by atoms with van der Waals surface area (Å²) in [7, 11) is 0. The van der Waals surface area contributed by atoms with Gasteiger partial charge in [0.05, 0.1) is 16.2 Å². The van der Waals surface area contributed by atoms with Crippen LogP contribution in [0.15, 0.2) is 35.4 Å². The van der Waals surface area contributed by atoms with Gasteiger partial charge in [0.15, 0.2) is 0 Å². The molecule has 0 atom stereocenters. The van der Waals surface area contributed by atoms with Gasteiger partial charge in [0.25, 0.3) is 11.8 Å². The summed E-state index contributed by atoms with van der Waals surface area (Å²) in [6.07, 6.45) is 1.71. The molecule has 1 aliphatic heterocycles. The first-order valence-corrected chi connectivity index (χ1v) is 9.89. The summed E-state index contributed by atoms with van der Waals surface area (Å²) in [6, 6.07) is 9.02. The lowest BCUT2D eigenvalue weighted by atomic mass is 10.1. The van der Waals surface area contributed by atoms with Gasteiger partial charge in [-0.2, -0.15) is 0 Å². The minimum Gasteiger partial charge on any atom is -0.274 e. The number of amides is 2. The molecule has 0 bridgehead atoms. The van der Waals surface area contributed by atoms with Crippen molar-refractivity contribution in [3.63, 3.8) is 0 Å². The first kappa shape index (κ1) is 18.6. The third kappa shape index (κ3) is 3.96. The van der Waals surface area contributed by atoms with Gasteiger partial charge < -0.3 is 0 Å². The van der Waals surface area contributed by atoms with Gasteiger partial charge in [-0.25, -0.2) is 9.97 Å². The average Bonchev–Trinajstić information content (AvgIpc) is 2.86. The van der Waals surface area contributed by atoms with E-state index in [-0.39, 0.29) is 11.8 Å². The minimum absolute atomic E-state index is 0.175. The van der Waals surface area contributed by atoms with Crippen LogP contribution in [0.5, 0.6) is 0 Å². The Morgan fingerprint density at radius 1 is 1.04 bits per heavy atom. The molecular weight excluding hydrogens is 346 g/mol.